The van der Waals surface area contributed by atoms with E-state index in [0.717, 1.165) is 0 Å². The van der Waals surface area contributed by atoms with E-state index in [-0.39, 0.29) is 24.3 Å². The summed E-state index contributed by atoms with van der Waals surface area (Å²) >= 11 is 11.9. The summed E-state index contributed by atoms with van der Waals surface area (Å²) in [4.78, 5) is 38.6. The van der Waals surface area contributed by atoms with Crippen LogP contribution in [-0.2, 0) is 9.59 Å². The molecule has 3 rings (SSSR count). The number of nitrogens with zero attached hydrogens (tertiary/aromatic N) is 1. The second-order valence-electron chi connectivity index (χ2n) is 6.96. The van der Waals surface area contributed by atoms with Crippen LogP contribution in [0, 0.1) is 11.7 Å². The van der Waals surface area contributed by atoms with E-state index in [1.165, 1.54) is 30.3 Å². The molecule has 0 unspecified atom stereocenters. The fraction of sp³-hybridized carbons (Fsp3) is 0.286. The van der Waals surface area contributed by atoms with Gasteiger partial charge in [0.1, 0.15) is 5.82 Å². The van der Waals surface area contributed by atoms with E-state index in [4.69, 9.17) is 23.2 Å². The van der Waals surface area contributed by atoms with Gasteiger partial charge in [0.15, 0.2) is 0 Å². The Bertz CT molecular complexity index is 945. The van der Waals surface area contributed by atoms with Gasteiger partial charge in [0.2, 0.25) is 11.8 Å². The van der Waals surface area contributed by atoms with Crippen molar-refractivity contribution in [3.8, 4) is 0 Å². The lowest BCUT2D eigenvalue weighted by Crippen LogP contribution is -2.44. The smallest absolute Gasteiger partial charge is 0.253 e. The quantitative estimate of drug-likeness (QED) is 0.726. The number of carbonyl (C=O) groups is 3. The topological polar surface area (TPSA) is 78.5 Å². The van der Waals surface area contributed by atoms with E-state index in [1.807, 2.05) is 0 Å². The van der Waals surface area contributed by atoms with Crippen molar-refractivity contribution in [1.29, 1.82) is 0 Å². The third-order valence-electron chi connectivity index (χ3n) is 4.87. The Hall–Kier alpha value is -2.64. The van der Waals surface area contributed by atoms with Crippen molar-refractivity contribution in [3.05, 3.63) is 63.9 Å². The molecule has 0 bridgehead atoms. The zero-order valence-corrected chi connectivity index (χ0v) is 17.5. The maximum Gasteiger partial charge on any atom is 0.253 e. The van der Waals surface area contributed by atoms with E-state index in [0.29, 0.717) is 47.2 Å². The van der Waals surface area contributed by atoms with Gasteiger partial charge in [-0.25, -0.2) is 4.39 Å². The Labute approximate surface area is 183 Å². The second-order valence-corrected chi connectivity index (χ2v) is 7.81. The van der Waals surface area contributed by atoms with Gasteiger partial charge in [0.25, 0.3) is 5.91 Å². The molecule has 0 radical (unpaired) electrons. The molecule has 30 heavy (non-hydrogen) atoms. The molecular weight excluding hydrogens is 432 g/mol. The number of halogens is 3. The predicted molar refractivity (Wildman–Crippen MR) is 113 cm³/mol. The molecule has 0 aromatic heterocycles. The van der Waals surface area contributed by atoms with Gasteiger partial charge >= 0.3 is 0 Å². The highest BCUT2D eigenvalue weighted by Gasteiger charge is 2.28. The fourth-order valence-electron chi connectivity index (χ4n) is 3.22. The van der Waals surface area contributed by atoms with Gasteiger partial charge in [0, 0.05) is 29.6 Å². The standard InChI is InChI=1S/C21H20Cl2FN3O3/c22-15-3-6-17(23)18(11-15)26-19(28)12-25-20(29)13-7-9-27(10-8-13)21(30)14-1-4-16(24)5-2-14/h1-6,11,13H,7-10,12H2,(H,25,29)(H,26,28). The summed E-state index contributed by atoms with van der Waals surface area (Å²) in [6.45, 7) is 0.633. The Morgan fingerprint density at radius 2 is 1.70 bits per heavy atom. The van der Waals surface area contributed by atoms with E-state index >= 15 is 0 Å². The Morgan fingerprint density at radius 1 is 1.03 bits per heavy atom. The van der Waals surface area contributed by atoms with Crippen LogP contribution in [0.4, 0.5) is 10.1 Å². The summed E-state index contributed by atoms with van der Waals surface area (Å²) in [7, 11) is 0. The van der Waals surface area contributed by atoms with Crippen molar-refractivity contribution in [1.82, 2.24) is 10.2 Å². The zero-order chi connectivity index (χ0) is 21.7. The highest BCUT2D eigenvalue weighted by molar-refractivity contribution is 6.35. The normalized spacial score (nSPS) is 14.3. The van der Waals surface area contributed by atoms with Crippen LogP contribution >= 0.6 is 23.2 Å². The van der Waals surface area contributed by atoms with Crippen molar-refractivity contribution in [3.63, 3.8) is 0 Å². The van der Waals surface area contributed by atoms with Gasteiger partial charge in [-0.15, -0.1) is 0 Å². The molecule has 1 heterocycles. The fourth-order valence-corrected chi connectivity index (χ4v) is 3.56. The lowest BCUT2D eigenvalue weighted by Gasteiger charge is -2.31. The molecule has 9 heteroatoms. The van der Waals surface area contributed by atoms with Crippen LogP contribution in [0.2, 0.25) is 10.0 Å². The molecule has 0 atom stereocenters. The minimum atomic E-state index is -0.420. The molecule has 6 nitrogen and oxygen atoms in total. The predicted octanol–water partition coefficient (Wildman–Crippen LogP) is 3.74. The molecule has 0 saturated carbocycles. The number of hydrogen-bond donors (Lipinski definition) is 2. The lowest BCUT2D eigenvalue weighted by atomic mass is 9.95. The van der Waals surface area contributed by atoms with Crippen molar-refractivity contribution >= 4 is 46.6 Å². The van der Waals surface area contributed by atoms with Crippen LogP contribution in [-0.4, -0.2) is 42.3 Å². The Morgan fingerprint density at radius 3 is 2.37 bits per heavy atom. The third-order valence-corrected chi connectivity index (χ3v) is 5.43. The van der Waals surface area contributed by atoms with Crippen LogP contribution in [0.25, 0.3) is 0 Å². The zero-order valence-electron chi connectivity index (χ0n) is 16.0. The molecule has 0 aliphatic carbocycles. The van der Waals surface area contributed by atoms with Gasteiger partial charge in [-0.05, 0) is 55.3 Å². The van der Waals surface area contributed by atoms with Gasteiger partial charge in [-0.1, -0.05) is 23.2 Å². The average Bonchev–Trinajstić information content (AvgIpc) is 2.75. The number of nitrogens with one attached hydrogen (secondary N) is 2. The largest absolute Gasteiger partial charge is 0.347 e. The lowest BCUT2D eigenvalue weighted by molar-refractivity contribution is -0.128. The molecule has 0 spiro atoms. The van der Waals surface area contributed by atoms with Crippen LogP contribution in [0.3, 0.4) is 0 Å². The maximum atomic E-state index is 13.0. The number of amides is 3. The van der Waals surface area contributed by atoms with Gasteiger partial charge < -0.3 is 15.5 Å². The van der Waals surface area contributed by atoms with Gasteiger partial charge in [-0.3, -0.25) is 14.4 Å². The number of hydrogen-bond acceptors (Lipinski definition) is 3. The number of anilines is 1. The van der Waals surface area contributed by atoms with E-state index in [1.54, 1.807) is 17.0 Å². The summed E-state index contributed by atoms with van der Waals surface area (Å²) < 4.78 is 13.0. The summed E-state index contributed by atoms with van der Waals surface area (Å²) in [6, 6.07) is 10.1. The van der Waals surface area contributed by atoms with Crippen molar-refractivity contribution in [2.24, 2.45) is 5.92 Å². The SMILES string of the molecule is O=C(CNC(=O)C1CCN(C(=O)c2ccc(F)cc2)CC1)Nc1cc(Cl)ccc1Cl. The Balaban J connectivity index is 1.45. The van der Waals surface area contributed by atoms with Crippen LogP contribution in [0.1, 0.15) is 23.2 Å². The van der Waals surface area contributed by atoms with Gasteiger partial charge in [-0.2, -0.15) is 0 Å². The number of benzene rings is 2. The number of likely N-dealkylation sites (tertiary alicyclic amines) is 1. The van der Waals surface area contributed by atoms with Crippen LogP contribution in [0.5, 0.6) is 0 Å². The van der Waals surface area contributed by atoms with Crippen molar-refractivity contribution in [2.45, 2.75) is 12.8 Å². The van der Waals surface area contributed by atoms with Gasteiger partial charge in [0.05, 0.1) is 17.3 Å². The van der Waals surface area contributed by atoms with Crippen LogP contribution < -0.4 is 10.6 Å². The number of carbonyl (C=O) groups excluding carboxylic acids is 3. The molecule has 158 valence electrons. The molecule has 2 aromatic rings. The minimum Gasteiger partial charge on any atom is -0.347 e. The number of rotatable bonds is 5. The number of piperidine rings is 1. The minimum absolute atomic E-state index is 0.188. The second kappa shape index (κ2) is 9.91. The summed E-state index contributed by atoms with van der Waals surface area (Å²) in [5, 5.41) is 6.00. The maximum absolute atomic E-state index is 13.0. The first-order valence-corrected chi connectivity index (χ1v) is 10.2. The monoisotopic (exact) mass is 451 g/mol. The average molecular weight is 452 g/mol. The molecule has 1 saturated heterocycles. The van der Waals surface area contributed by atoms with Crippen molar-refractivity contribution < 1.29 is 18.8 Å². The van der Waals surface area contributed by atoms with Crippen molar-refractivity contribution in [2.75, 3.05) is 25.0 Å². The molecule has 3 amide bonds. The third kappa shape index (κ3) is 5.70. The first kappa shape index (κ1) is 22.1. The van der Waals surface area contributed by atoms with Crippen LogP contribution in [0.15, 0.2) is 42.5 Å². The molecular formula is C21H20Cl2FN3O3. The summed E-state index contributed by atoms with van der Waals surface area (Å²) in [6.07, 6.45) is 0.973. The van der Waals surface area contributed by atoms with E-state index < -0.39 is 11.7 Å². The van der Waals surface area contributed by atoms with E-state index in [2.05, 4.69) is 10.6 Å². The first-order chi connectivity index (χ1) is 14.3. The molecule has 1 aliphatic heterocycles. The molecule has 1 fully saturated rings. The Kier molecular flexibility index (Phi) is 7.29. The van der Waals surface area contributed by atoms with E-state index in [9.17, 15) is 18.8 Å². The molecule has 1 aliphatic rings. The summed E-state index contributed by atoms with van der Waals surface area (Å²) in [5.74, 6) is -1.53. The first-order valence-electron chi connectivity index (χ1n) is 9.41. The summed E-state index contributed by atoms with van der Waals surface area (Å²) in [5.41, 5.74) is 0.784. The highest BCUT2D eigenvalue weighted by Crippen LogP contribution is 2.25. The highest BCUT2D eigenvalue weighted by atomic mass is 35.5. The molecule has 2 N–H and O–H groups in total. The molecule has 2 aromatic carbocycles.